The summed E-state index contributed by atoms with van der Waals surface area (Å²) in [5, 5.41) is 3.82. The molecule has 2 amide bonds. The zero-order valence-corrected chi connectivity index (χ0v) is 14.8. The third-order valence-corrected chi connectivity index (χ3v) is 4.34. The minimum atomic E-state index is -0.445. The van der Waals surface area contributed by atoms with E-state index in [1.165, 1.54) is 6.26 Å². The molecule has 0 N–H and O–H groups in total. The molecule has 3 heterocycles. The molecule has 0 unspecified atom stereocenters. The van der Waals surface area contributed by atoms with Gasteiger partial charge in [-0.05, 0) is 30.7 Å². The van der Waals surface area contributed by atoms with Crippen molar-refractivity contribution in [3.63, 3.8) is 0 Å². The van der Waals surface area contributed by atoms with Gasteiger partial charge >= 0.3 is 5.97 Å². The van der Waals surface area contributed by atoms with Crippen LogP contribution in [0.3, 0.4) is 0 Å². The average molecular weight is 380 g/mol. The standard InChI is InChI=1S/C20H16N2O6/c23-18(27-12-13-11-17(28-21-13)16-7-4-10-26-16)8-3-9-22-19(24)14-5-1-2-6-15(14)20(22)25/h1-2,4-7,10-11H,3,8-9,12H2. The van der Waals surface area contributed by atoms with E-state index in [1.54, 1.807) is 42.5 Å². The zero-order chi connectivity index (χ0) is 19.5. The smallest absolute Gasteiger partial charge is 0.306 e. The summed E-state index contributed by atoms with van der Waals surface area (Å²) in [7, 11) is 0. The lowest BCUT2D eigenvalue weighted by Gasteiger charge is -2.13. The number of amides is 2. The fourth-order valence-electron chi connectivity index (χ4n) is 2.97. The number of furan rings is 1. The van der Waals surface area contributed by atoms with Gasteiger partial charge in [-0.1, -0.05) is 17.3 Å². The van der Waals surface area contributed by atoms with Gasteiger partial charge in [-0.2, -0.15) is 0 Å². The second-order valence-electron chi connectivity index (χ2n) is 6.23. The number of carbonyl (C=O) groups is 3. The Hall–Kier alpha value is -3.68. The largest absolute Gasteiger partial charge is 0.461 e. The fourth-order valence-corrected chi connectivity index (χ4v) is 2.97. The average Bonchev–Trinajstić information content (AvgIpc) is 3.44. The van der Waals surface area contributed by atoms with Crippen LogP contribution in [-0.2, 0) is 16.1 Å². The van der Waals surface area contributed by atoms with Crippen molar-refractivity contribution in [2.24, 2.45) is 0 Å². The van der Waals surface area contributed by atoms with E-state index >= 15 is 0 Å². The first-order valence-corrected chi connectivity index (χ1v) is 8.74. The topological polar surface area (TPSA) is 103 Å². The van der Waals surface area contributed by atoms with Crippen LogP contribution in [0.25, 0.3) is 11.5 Å². The van der Waals surface area contributed by atoms with Crippen molar-refractivity contribution in [2.75, 3.05) is 6.54 Å². The molecule has 2 aromatic heterocycles. The second kappa shape index (κ2) is 7.51. The van der Waals surface area contributed by atoms with Crippen molar-refractivity contribution < 1.29 is 28.1 Å². The van der Waals surface area contributed by atoms with Crippen LogP contribution in [0.5, 0.6) is 0 Å². The quantitative estimate of drug-likeness (QED) is 0.458. The first-order valence-electron chi connectivity index (χ1n) is 8.74. The molecule has 0 saturated carbocycles. The molecular weight excluding hydrogens is 364 g/mol. The number of rotatable bonds is 7. The molecule has 28 heavy (non-hydrogen) atoms. The number of ether oxygens (including phenoxy) is 1. The van der Waals surface area contributed by atoms with Gasteiger partial charge in [-0.15, -0.1) is 0 Å². The number of hydrogen-bond donors (Lipinski definition) is 0. The Labute approximate surface area is 159 Å². The van der Waals surface area contributed by atoms with Gasteiger partial charge in [0.05, 0.1) is 17.4 Å². The predicted octanol–water partition coefficient (Wildman–Crippen LogP) is 3.05. The van der Waals surface area contributed by atoms with Gasteiger partial charge in [-0.3, -0.25) is 19.3 Å². The van der Waals surface area contributed by atoms with Crippen molar-refractivity contribution >= 4 is 17.8 Å². The van der Waals surface area contributed by atoms with E-state index in [-0.39, 0.29) is 31.4 Å². The molecule has 1 aliphatic heterocycles. The molecule has 3 aromatic rings. The number of imide groups is 1. The maximum absolute atomic E-state index is 12.3. The Balaban J connectivity index is 1.24. The van der Waals surface area contributed by atoms with Gasteiger partial charge in [0.1, 0.15) is 12.3 Å². The molecule has 0 saturated heterocycles. The lowest BCUT2D eigenvalue weighted by atomic mass is 10.1. The van der Waals surface area contributed by atoms with E-state index in [4.69, 9.17) is 13.7 Å². The summed E-state index contributed by atoms with van der Waals surface area (Å²) < 4.78 is 15.5. The van der Waals surface area contributed by atoms with Gasteiger partial charge in [-0.25, -0.2) is 0 Å². The molecule has 0 radical (unpaired) electrons. The number of carbonyl (C=O) groups excluding carboxylic acids is 3. The Morgan fingerprint density at radius 2 is 1.79 bits per heavy atom. The van der Waals surface area contributed by atoms with E-state index in [2.05, 4.69) is 5.16 Å². The van der Waals surface area contributed by atoms with Crippen LogP contribution in [0, 0.1) is 0 Å². The highest BCUT2D eigenvalue weighted by Gasteiger charge is 2.34. The number of fused-ring (bicyclic) bond motifs is 1. The third kappa shape index (κ3) is 3.44. The number of esters is 1. The lowest BCUT2D eigenvalue weighted by molar-refractivity contribution is -0.145. The van der Waals surface area contributed by atoms with Crippen molar-refractivity contribution in [3.8, 4) is 11.5 Å². The number of aromatic nitrogens is 1. The summed E-state index contributed by atoms with van der Waals surface area (Å²) in [6, 6.07) is 11.8. The molecule has 8 nitrogen and oxygen atoms in total. The summed E-state index contributed by atoms with van der Waals surface area (Å²) in [6.45, 7) is 0.129. The summed E-state index contributed by atoms with van der Waals surface area (Å²) in [5.41, 5.74) is 1.25. The van der Waals surface area contributed by atoms with E-state index in [9.17, 15) is 14.4 Å². The Bertz CT molecular complexity index is 986. The molecule has 4 rings (SSSR count). The first-order chi connectivity index (χ1) is 13.6. The van der Waals surface area contributed by atoms with Crippen molar-refractivity contribution in [2.45, 2.75) is 19.4 Å². The number of benzene rings is 1. The third-order valence-electron chi connectivity index (χ3n) is 4.34. The minimum absolute atomic E-state index is 0.0317. The van der Waals surface area contributed by atoms with E-state index < -0.39 is 5.97 Å². The van der Waals surface area contributed by atoms with Crippen molar-refractivity contribution in [1.29, 1.82) is 0 Å². The summed E-state index contributed by atoms with van der Waals surface area (Å²) in [6.07, 6.45) is 1.92. The molecule has 0 spiro atoms. The van der Waals surface area contributed by atoms with Gasteiger partial charge in [0.25, 0.3) is 11.8 Å². The van der Waals surface area contributed by atoms with Crippen LogP contribution in [-0.4, -0.2) is 34.4 Å². The van der Waals surface area contributed by atoms with Crippen LogP contribution < -0.4 is 0 Å². The number of hydrogen-bond acceptors (Lipinski definition) is 7. The highest BCUT2D eigenvalue weighted by Crippen LogP contribution is 2.23. The Morgan fingerprint density at radius 1 is 1.04 bits per heavy atom. The normalized spacial score (nSPS) is 13.1. The van der Waals surface area contributed by atoms with E-state index in [0.717, 1.165) is 4.90 Å². The van der Waals surface area contributed by atoms with Crippen LogP contribution in [0.4, 0.5) is 0 Å². The summed E-state index contributed by atoms with van der Waals surface area (Å²) >= 11 is 0. The van der Waals surface area contributed by atoms with Crippen LogP contribution >= 0.6 is 0 Å². The lowest BCUT2D eigenvalue weighted by Crippen LogP contribution is -2.31. The maximum atomic E-state index is 12.3. The highest BCUT2D eigenvalue weighted by molar-refractivity contribution is 6.21. The SMILES string of the molecule is O=C(CCCN1C(=O)c2ccccc2C1=O)OCc1cc(-c2ccco2)on1. The monoisotopic (exact) mass is 380 g/mol. The Kier molecular flexibility index (Phi) is 4.76. The van der Waals surface area contributed by atoms with Crippen LogP contribution in [0.2, 0.25) is 0 Å². The van der Waals surface area contributed by atoms with Gasteiger partial charge in [0.15, 0.2) is 5.76 Å². The van der Waals surface area contributed by atoms with Crippen LogP contribution in [0.1, 0.15) is 39.3 Å². The molecule has 142 valence electrons. The molecule has 0 atom stereocenters. The molecule has 0 fully saturated rings. The van der Waals surface area contributed by atoms with Gasteiger partial charge in [0.2, 0.25) is 5.76 Å². The minimum Gasteiger partial charge on any atom is -0.461 e. The molecule has 1 aromatic carbocycles. The highest BCUT2D eigenvalue weighted by atomic mass is 16.5. The molecule has 0 aliphatic carbocycles. The van der Waals surface area contributed by atoms with E-state index in [1.807, 2.05) is 0 Å². The van der Waals surface area contributed by atoms with E-state index in [0.29, 0.717) is 34.8 Å². The fraction of sp³-hybridized carbons (Fsp3) is 0.200. The zero-order valence-electron chi connectivity index (χ0n) is 14.8. The van der Waals surface area contributed by atoms with Gasteiger partial charge in [0, 0.05) is 19.0 Å². The molecular formula is C20H16N2O6. The number of nitrogens with zero attached hydrogens (tertiary/aromatic N) is 2. The molecule has 1 aliphatic rings. The summed E-state index contributed by atoms with van der Waals surface area (Å²) in [5.74, 6) is -0.129. The summed E-state index contributed by atoms with van der Waals surface area (Å²) in [4.78, 5) is 37.6. The Morgan fingerprint density at radius 3 is 2.46 bits per heavy atom. The van der Waals surface area contributed by atoms with Crippen molar-refractivity contribution in [1.82, 2.24) is 10.1 Å². The predicted molar refractivity (Wildman–Crippen MR) is 95.0 cm³/mol. The van der Waals surface area contributed by atoms with Crippen LogP contribution in [0.15, 0.2) is 57.7 Å². The molecule has 8 heteroatoms. The molecule has 0 bridgehead atoms. The second-order valence-corrected chi connectivity index (χ2v) is 6.23. The first kappa shape index (κ1) is 17.7. The maximum Gasteiger partial charge on any atom is 0.306 e. The van der Waals surface area contributed by atoms with Crippen molar-refractivity contribution in [3.05, 3.63) is 65.5 Å². The van der Waals surface area contributed by atoms with Gasteiger partial charge < -0.3 is 13.7 Å².